The van der Waals surface area contributed by atoms with Gasteiger partial charge in [-0.3, -0.25) is 0 Å². The van der Waals surface area contributed by atoms with Gasteiger partial charge in [-0.05, 0) is 130 Å². The summed E-state index contributed by atoms with van der Waals surface area (Å²) in [4.78, 5) is 2.59. The van der Waals surface area contributed by atoms with E-state index in [9.17, 15) is 0 Å². The van der Waals surface area contributed by atoms with Crippen molar-refractivity contribution in [1.29, 1.82) is 0 Å². The van der Waals surface area contributed by atoms with Crippen LogP contribution in [-0.2, 0) is 5.41 Å². The molecule has 0 radical (unpaired) electrons. The highest BCUT2D eigenvalue weighted by molar-refractivity contribution is 6.00. The third kappa shape index (κ3) is 4.34. The molecule has 0 saturated heterocycles. The van der Waals surface area contributed by atoms with Crippen LogP contribution in [-0.4, -0.2) is 0 Å². The van der Waals surface area contributed by atoms with E-state index in [4.69, 9.17) is 0 Å². The van der Waals surface area contributed by atoms with Crippen molar-refractivity contribution >= 4 is 27.8 Å². The van der Waals surface area contributed by atoms with Crippen LogP contribution in [0.5, 0.6) is 0 Å². The van der Waals surface area contributed by atoms with Gasteiger partial charge in [0.15, 0.2) is 0 Å². The average Bonchev–Trinajstić information content (AvgIpc) is 3.49. The van der Waals surface area contributed by atoms with E-state index in [0.717, 1.165) is 23.7 Å². The molecule has 4 saturated carbocycles. The number of hydrogen-bond donors (Lipinski definition) is 0. The molecule has 4 fully saturated rings. The Bertz CT molecular complexity index is 2410. The molecule has 0 amide bonds. The Hall–Kier alpha value is -5.40. The first-order chi connectivity index (χ1) is 25.3. The third-order valence-electron chi connectivity index (χ3n) is 13.2. The molecule has 12 rings (SSSR count). The van der Waals surface area contributed by atoms with Gasteiger partial charge in [0, 0.05) is 22.2 Å². The second kappa shape index (κ2) is 11.3. The molecule has 5 aliphatic rings. The van der Waals surface area contributed by atoms with Gasteiger partial charge < -0.3 is 4.90 Å². The molecule has 0 unspecified atom stereocenters. The lowest BCUT2D eigenvalue weighted by Gasteiger charge is -2.61. The maximum absolute atomic E-state index is 2.59. The summed E-state index contributed by atoms with van der Waals surface area (Å²) < 4.78 is 0. The van der Waals surface area contributed by atoms with E-state index in [2.05, 4.69) is 169 Å². The van der Waals surface area contributed by atoms with Gasteiger partial charge in [0.1, 0.15) is 0 Å². The number of nitrogens with zero attached hydrogens (tertiary/aromatic N) is 1. The number of rotatable bonds is 5. The van der Waals surface area contributed by atoms with Crippen LogP contribution in [0.25, 0.3) is 44.2 Å². The molecule has 1 heteroatoms. The summed E-state index contributed by atoms with van der Waals surface area (Å²) in [5, 5.41) is 2.52. The first-order valence-corrected chi connectivity index (χ1v) is 19.0. The molecule has 7 aromatic carbocycles. The van der Waals surface area contributed by atoms with Crippen molar-refractivity contribution in [2.45, 2.75) is 37.5 Å². The van der Waals surface area contributed by atoms with Crippen molar-refractivity contribution in [2.24, 2.45) is 23.7 Å². The Balaban J connectivity index is 1.20. The van der Waals surface area contributed by atoms with E-state index in [1.54, 1.807) is 11.1 Å². The molecule has 0 atom stereocenters. The van der Waals surface area contributed by atoms with Crippen molar-refractivity contribution in [3.8, 4) is 33.4 Å². The van der Waals surface area contributed by atoms with Crippen LogP contribution >= 0.6 is 0 Å². The van der Waals surface area contributed by atoms with E-state index >= 15 is 0 Å². The number of hydrogen-bond acceptors (Lipinski definition) is 1. The highest BCUT2D eigenvalue weighted by Gasteiger charge is 2.61. The van der Waals surface area contributed by atoms with E-state index < -0.39 is 0 Å². The fourth-order valence-corrected chi connectivity index (χ4v) is 11.5. The quantitative estimate of drug-likeness (QED) is 0.178. The number of anilines is 3. The molecule has 4 bridgehead atoms. The molecule has 0 aliphatic heterocycles. The second-order valence-corrected chi connectivity index (χ2v) is 15.7. The Morgan fingerprint density at radius 3 is 1.82 bits per heavy atom. The van der Waals surface area contributed by atoms with E-state index in [1.165, 1.54) is 93.3 Å². The fourth-order valence-electron chi connectivity index (χ4n) is 11.5. The summed E-state index contributed by atoms with van der Waals surface area (Å²) in [6, 6.07) is 61.5. The van der Waals surface area contributed by atoms with Crippen LogP contribution in [0.4, 0.5) is 17.1 Å². The summed E-state index contributed by atoms with van der Waals surface area (Å²) in [7, 11) is 0. The molecular formula is C50H41N. The molecular weight excluding hydrogens is 615 g/mol. The first kappa shape index (κ1) is 29.3. The van der Waals surface area contributed by atoms with Crippen molar-refractivity contribution in [3.05, 3.63) is 175 Å². The SMILES string of the molecule is c1ccc(-c2ccc(N(c3ccc4ccccc4c3)c3cccc4c3-c3ccccc3C43C4CC5CC(C4)CC3C5)c(-c3ccccc3)c2)cc1. The molecule has 51 heavy (non-hydrogen) atoms. The summed E-state index contributed by atoms with van der Waals surface area (Å²) in [5.74, 6) is 3.29. The zero-order valence-electron chi connectivity index (χ0n) is 28.9. The molecule has 0 N–H and O–H groups in total. The average molecular weight is 656 g/mol. The maximum atomic E-state index is 2.59. The Kier molecular flexibility index (Phi) is 6.50. The highest BCUT2D eigenvalue weighted by Crippen LogP contribution is 2.70. The minimum Gasteiger partial charge on any atom is -0.309 e. The summed E-state index contributed by atoms with van der Waals surface area (Å²) in [5.41, 5.74) is 14.8. The first-order valence-electron chi connectivity index (χ1n) is 19.0. The molecule has 0 heterocycles. The van der Waals surface area contributed by atoms with Crippen LogP contribution in [0.2, 0.25) is 0 Å². The second-order valence-electron chi connectivity index (χ2n) is 15.7. The molecule has 0 aromatic heterocycles. The van der Waals surface area contributed by atoms with Gasteiger partial charge >= 0.3 is 0 Å². The molecule has 7 aromatic rings. The number of fused-ring (bicyclic) bond motifs is 4. The zero-order chi connectivity index (χ0) is 33.5. The topological polar surface area (TPSA) is 3.24 Å². The van der Waals surface area contributed by atoms with Crippen LogP contribution in [0.1, 0.15) is 43.2 Å². The van der Waals surface area contributed by atoms with Gasteiger partial charge in [0.25, 0.3) is 0 Å². The van der Waals surface area contributed by atoms with E-state index in [-0.39, 0.29) is 5.41 Å². The highest BCUT2D eigenvalue weighted by atomic mass is 15.1. The van der Waals surface area contributed by atoms with Crippen molar-refractivity contribution < 1.29 is 0 Å². The number of benzene rings is 7. The van der Waals surface area contributed by atoms with Gasteiger partial charge in [0.05, 0.1) is 11.4 Å². The van der Waals surface area contributed by atoms with E-state index in [0.29, 0.717) is 0 Å². The Morgan fingerprint density at radius 1 is 0.412 bits per heavy atom. The minimum absolute atomic E-state index is 0.115. The summed E-state index contributed by atoms with van der Waals surface area (Å²) in [6.45, 7) is 0. The standard InChI is InChI=1S/C50H41N/c1-3-12-35(13-4-1)39-23-25-47(44(32-39)37-15-5-2-6-16-37)51(42-24-22-36-14-7-8-17-38(36)31-42)48-21-11-20-46-49(48)43-18-9-10-19-45(43)50(46)40-27-33-26-34(29-40)30-41(50)28-33/h1-25,31-34,40-41H,26-30H2. The van der Waals surface area contributed by atoms with E-state index in [1.807, 2.05) is 0 Å². The molecule has 246 valence electrons. The van der Waals surface area contributed by atoms with Crippen LogP contribution in [0.15, 0.2) is 164 Å². The maximum Gasteiger partial charge on any atom is 0.0543 e. The monoisotopic (exact) mass is 655 g/mol. The van der Waals surface area contributed by atoms with Crippen molar-refractivity contribution in [2.75, 3.05) is 4.90 Å². The van der Waals surface area contributed by atoms with Gasteiger partial charge in [-0.1, -0.05) is 133 Å². The lowest BCUT2D eigenvalue weighted by Crippen LogP contribution is -2.55. The normalized spacial score (nSPS) is 23.8. The predicted octanol–water partition coefficient (Wildman–Crippen LogP) is 13.4. The zero-order valence-corrected chi connectivity index (χ0v) is 28.9. The molecule has 5 aliphatic carbocycles. The van der Waals surface area contributed by atoms with Crippen LogP contribution in [0.3, 0.4) is 0 Å². The van der Waals surface area contributed by atoms with Crippen LogP contribution in [0, 0.1) is 23.7 Å². The summed E-state index contributed by atoms with van der Waals surface area (Å²) in [6.07, 6.45) is 7.02. The van der Waals surface area contributed by atoms with Crippen molar-refractivity contribution in [1.82, 2.24) is 0 Å². The lowest BCUT2D eigenvalue weighted by atomic mass is 9.43. The third-order valence-corrected chi connectivity index (χ3v) is 13.2. The minimum atomic E-state index is 0.115. The van der Waals surface area contributed by atoms with Gasteiger partial charge in [-0.15, -0.1) is 0 Å². The van der Waals surface area contributed by atoms with Gasteiger partial charge in [-0.2, -0.15) is 0 Å². The Labute approximate surface area is 301 Å². The Morgan fingerprint density at radius 2 is 1.06 bits per heavy atom. The van der Waals surface area contributed by atoms with Crippen LogP contribution < -0.4 is 4.90 Å². The van der Waals surface area contributed by atoms with Gasteiger partial charge in [0.2, 0.25) is 0 Å². The van der Waals surface area contributed by atoms with Gasteiger partial charge in [-0.25, -0.2) is 0 Å². The molecule has 1 spiro atoms. The van der Waals surface area contributed by atoms with Crippen molar-refractivity contribution in [3.63, 3.8) is 0 Å². The molecule has 1 nitrogen and oxygen atoms in total. The smallest absolute Gasteiger partial charge is 0.0543 e. The fraction of sp³-hybridized carbons (Fsp3) is 0.200. The lowest BCUT2D eigenvalue weighted by molar-refractivity contribution is -0.0399. The predicted molar refractivity (Wildman–Crippen MR) is 213 cm³/mol. The largest absolute Gasteiger partial charge is 0.309 e. The summed E-state index contributed by atoms with van der Waals surface area (Å²) >= 11 is 0.